The minimum atomic E-state index is -0.379. The van der Waals surface area contributed by atoms with Gasteiger partial charge in [0.1, 0.15) is 11.6 Å². The van der Waals surface area contributed by atoms with E-state index < -0.39 is 0 Å². The third-order valence-electron chi connectivity index (χ3n) is 3.07. The summed E-state index contributed by atoms with van der Waals surface area (Å²) < 4.78 is 15.1. The number of nitrogens with zero attached hydrogens (tertiary/aromatic N) is 3. The number of imidazole rings is 1. The van der Waals surface area contributed by atoms with Crippen molar-refractivity contribution in [2.75, 3.05) is 5.73 Å². The van der Waals surface area contributed by atoms with E-state index in [0.717, 1.165) is 17.6 Å². The Balaban J connectivity index is 0.000000921. The van der Waals surface area contributed by atoms with Crippen LogP contribution in [0.1, 0.15) is 57.6 Å². The van der Waals surface area contributed by atoms with Gasteiger partial charge in [0.05, 0.1) is 24.3 Å². The van der Waals surface area contributed by atoms with Crippen LogP contribution in [0.15, 0.2) is 18.6 Å². The van der Waals surface area contributed by atoms with Gasteiger partial charge in [-0.1, -0.05) is 27.7 Å². The van der Waals surface area contributed by atoms with Crippen molar-refractivity contribution in [1.82, 2.24) is 14.5 Å². The molecule has 0 radical (unpaired) electrons. The number of pyridine rings is 1. The molecule has 0 spiro atoms. The molecule has 1 atom stereocenters. The van der Waals surface area contributed by atoms with Gasteiger partial charge in [-0.3, -0.25) is 0 Å². The molecule has 0 aliphatic carbocycles. The van der Waals surface area contributed by atoms with Gasteiger partial charge in [-0.05, 0) is 26.8 Å². The SMILES string of the molecule is CC.CC.Cc1ncn(C(C)c2cc(F)cnc2N)c1C. The van der Waals surface area contributed by atoms with E-state index in [2.05, 4.69) is 9.97 Å². The van der Waals surface area contributed by atoms with Crippen molar-refractivity contribution in [2.24, 2.45) is 0 Å². The lowest BCUT2D eigenvalue weighted by Crippen LogP contribution is -2.11. The topological polar surface area (TPSA) is 56.7 Å². The number of aromatic nitrogens is 3. The third-order valence-corrected chi connectivity index (χ3v) is 3.07. The number of hydrogen-bond donors (Lipinski definition) is 1. The first-order valence-electron chi connectivity index (χ1n) is 7.41. The zero-order valence-electron chi connectivity index (χ0n) is 14.1. The second-order valence-electron chi connectivity index (χ2n) is 4.13. The zero-order valence-corrected chi connectivity index (χ0v) is 14.1. The summed E-state index contributed by atoms with van der Waals surface area (Å²) in [7, 11) is 0. The van der Waals surface area contributed by atoms with E-state index >= 15 is 0 Å². The first kappa shape index (κ1) is 19.1. The second-order valence-corrected chi connectivity index (χ2v) is 4.13. The predicted molar refractivity (Wildman–Crippen MR) is 86.8 cm³/mol. The quantitative estimate of drug-likeness (QED) is 0.899. The van der Waals surface area contributed by atoms with Crippen LogP contribution in [0.2, 0.25) is 0 Å². The lowest BCUT2D eigenvalue weighted by molar-refractivity contribution is 0.592. The van der Waals surface area contributed by atoms with E-state index in [1.807, 2.05) is 53.0 Å². The van der Waals surface area contributed by atoms with Gasteiger partial charge in [-0.15, -0.1) is 0 Å². The standard InChI is InChI=1S/C12H15FN4.2C2H6/c1-7-8(2)17(6-16-7)9(3)11-4-10(13)5-15-12(11)14;2*1-2/h4-6,9H,1-3H3,(H2,14,15);2*1-2H3. The molecule has 4 nitrogen and oxygen atoms in total. The highest BCUT2D eigenvalue weighted by Gasteiger charge is 2.15. The van der Waals surface area contributed by atoms with Crippen LogP contribution < -0.4 is 5.73 Å². The van der Waals surface area contributed by atoms with Gasteiger partial charge in [-0.2, -0.15) is 0 Å². The number of rotatable bonds is 2. The van der Waals surface area contributed by atoms with Crippen LogP contribution in [0.4, 0.5) is 10.2 Å². The molecule has 21 heavy (non-hydrogen) atoms. The van der Waals surface area contributed by atoms with Gasteiger partial charge in [0.25, 0.3) is 0 Å². The number of nitrogen functional groups attached to an aromatic ring is 1. The normalized spacial score (nSPS) is 10.9. The third kappa shape index (κ3) is 4.55. The largest absolute Gasteiger partial charge is 0.383 e. The molecule has 1 unspecified atom stereocenters. The lowest BCUT2D eigenvalue weighted by Gasteiger charge is -2.17. The molecule has 0 aromatic carbocycles. The van der Waals surface area contributed by atoms with Crippen LogP contribution in [0, 0.1) is 19.7 Å². The van der Waals surface area contributed by atoms with Gasteiger partial charge >= 0.3 is 0 Å². The van der Waals surface area contributed by atoms with E-state index in [-0.39, 0.29) is 11.9 Å². The Morgan fingerprint density at radius 1 is 1.14 bits per heavy atom. The molecule has 0 saturated carbocycles. The average Bonchev–Trinajstić information content (AvgIpc) is 2.85. The van der Waals surface area contributed by atoms with E-state index in [0.29, 0.717) is 11.4 Å². The van der Waals surface area contributed by atoms with E-state index in [4.69, 9.17) is 5.73 Å². The molecule has 0 amide bonds. The molecule has 2 rings (SSSR count). The summed E-state index contributed by atoms with van der Waals surface area (Å²) in [6.07, 6.45) is 2.86. The lowest BCUT2D eigenvalue weighted by atomic mass is 10.1. The molecule has 2 heterocycles. The van der Waals surface area contributed by atoms with Crippen molar-refractivity contribution in [3.8, 4) is 0 Å². The highest BCUT2D eigenvalue weighted by molar-refractivity contribution is 5.41. The summed E-state index contributed by atoms with van der Waals surface area (Å²) in [6.45, 7) is 13.9. The Labute approximate surface area is 127 Å². The van der Waals surface area contributed by atoms with Crippen LogP contribution in [-0.2, 0) is 0 Å². The molecular formula is C16H27FN4. The van der Waals surface area contributed by atoms with E-state index in [1.165, 1.54) is 6.07 Å². The van der Waals surface area contributed by atoms with Crippen molar-refractivity contribution in [3.05, 3.63) is 41.4 Å². The van der Waals surface area contributed by atoms with Crippen LogP contribution in [-0.4, -0.2) is 14.5 Å². The highest BCUT2D eigenvalue weighted by Crippen LogP contribution is 2.24. The molecule has 0 aliphatic heterocycles. The summed E-state index contributed by atoms with van der Waals surface area (Å²) >= 11 is 0. The fourth-order valence-electron chi connectivity index (χ4n) is 1.86. The Morgan fingerprint density at radius 3 is 2.19 bits per heavy atom. The Morgan fingerprint density at radius 2 is 1.71 bits per heavy atom. The average molecular weight is 294 g/mol. The van der Waals surface area contributed by atoms with Gasteiger partial charge in [0.2, 0.25) is 0 Å². The van der Waals surface area contributed by atoms with Gasteiger partial charge in [-0.25, -0.2) is 14.4 Å². The first-order chi connectivity index (χ1) is 10.0. The maximum atomic E-state index is 13.2. The molecule has 0 bridgehead atoms. The molecule has 2 aromatic rings. The summed E-state index contributed by atoms with van der Waals surface area (Å²) in [5, 5.41) is 0. The van der Waals surface area contributed by atoms with Crippen molar-refractivity contribution in [2.45, 2.75) is 54.5 Å². The van der Waals surface area contributed by atoms with E-state index in [1.54, 1.807) is 6.33 Å². The minimum absolute atomic E-state index is 0.0839. The fraction of sp³-hybridized carbons (Fsp3) is 0.500. The van der Waals surface area contributed by atoms with Crippen LogP contribution in [0.3, 0.4) is 0 Å². The molecular weight excluding hydrogens is 267 g/mol. The van der Waals surface area contributed by atoms with Gasteiger partial charge in [0.15, 0.2) is 0 Å². The number of anilines is 1. The van der Waals surface area contributed by atoms with Crippen LogP contribution in [0.25, 0.3) is 0 Å². The summed E-state index contributed by atoms with van der Waals surface area (Å²) in [5.41, 5.74) is 8.45. The minimum Gasteiger partial charge on any atom is -0.383 e. The monoisotopic (exact) mass is 294 g/mol. The molecule has 118 valence electrons. The maximum absolute atomic E-state index is 13.2. The van der Waals surface area contributed by atoms with Crippen molar-refractivity contribution < 1.29 is 4.39 Å². The Bertz CT molecular complexity index is 549. The molecule has 0 fully saturated rings. The van der Waals surface area contributed by atoms with Gasteiger partial charge in [0, 0.05) is 11.3 Å². The smallest absolute Gasteiger partial charge is 0.142 e. The first-order valence-corrected chi connectivity index (χ1v) is 7.41. The summed E-state index contributed by atoms with van der Waals surface area (Å²) in [5.74, 6) is -0.0276. The fourth-order valence-corrected chi connectivity index (χ4v) is 1.86. The predicted octanol–water partition coefficient (Wildman–Crippen LogP) is 4.28. The highest BCUT2D eigenvalue weighted by atomic mass is 19.1. The maximum Gasteiger partial charge on any atom is 0.142 e. The van der Waals surface area contributed by atoms with Crippen LogP contribution in [0.5, 0.6) is 0 Å². The molecule has 2 N–H and O–H groups in total. The van der Waals surface area contributed by atoms with Crippen molar-refractivity contribution >= 4 is 5.82 Å². The van der Waals surface area contributed by atoms with Crippen molar-refractivity contribution in [1.29, 1.82) is 0 Å². The molecule has 2 aromatic heterocycles. The Hall–Kier alpha value is -1.91. The van der Waals surface area contributed by atoms with Crippen molar-refractivity contribution in [3.63, 3.8) is 0 Å². The molecule has 0 saturated heterocycles. The molecule has 0 aliphatic rings. The van der Waals surface area contributed by atoms with E-state index in [9.17, 15) is 4.39 Å². The second kappa shape index (κ2) is 9.10. The van der Waals surface area contributed by atoms with Crippen LogP contribution >= 0.6 is 0 Å². The Kier molecular flexibility index (Phi) is 8.28. The summed E-state index contributed by atoms with van der Waals surface area (Å²) in [4.78, 5) is 8.05. The number of halogens is 1. The number of aryl methyl sites for hydroxylation is 1. The van der Waals surface area contributed by atoms with Gasteiger partial charge < -0.3 is 10.3 Å². The summed E-state index contributed by atoms with van der Waals surface area (Å²) in [6, 6.07) is 1.33. The number of hydrogen-bond acceptors (Lipinski definition) is 3. The zero-order chi connectivity index (χ0) is 16.6. The number of nitrogens with two attached hydrogens (primary N) is 1. The molecule has 5 heteroatoms.